The van der Waals surface area contributed by atoms with Crippen LogP contribution in [0.3, 0.4) is 0 Å². The van der Waals surface area contributed by atoms with Crippen LogP contribution in [0.15, 0.2) is 54.1 Å². The summed E-state index contributed by atoms with van der Waals surface area (Å²) in [6.45, 7) is 2.38. The van der Waals surface area contributed by atoms with E-state index in [1.807, 2.05) is 0 Å². The molecule has 0 saturated heterocycles. The van der Waals surface area contributed by atoms with Crippen LogP contribution in [-0.4, -0.2) is 11.7 Å². The van der Waals surface area contributed by atoms with Crippen molar-refractivity contribution in [2.45, 2.75) is 26.2 Å². The van der Waals surface area contributed by atoms with Crippen molar-refractivity contribution in [2.24, 2.45) is 0 Å². The lowest BCUT2D eigenvalue weighted by atomic mass is 9.95. The second-order valence-electron chi connectivity index (χ2n) is 6.49. The van der Waals surface area contributed by atoms with Crippen molar-refractivity contribution < 1.29 is 5.11 Å². The maximum Gasteiger partial charge on any atom is 0.0434 e. The lowest BCUT2D eigenvalue weighted by Gasteiger charge is -2.09. The summed E-state index contributed by atoms with van der Waals surface area (Å²) in [5, 5.41) is 14.4. The van der Waals surface area contributed by atoms with E-state index in [1.54, 1.807) is 0 Å². The van der Waals surface area contributed by atoms with Crippen molar-refractivity contribution in [1.29, 1.82) is 0 Å². The van der Waals surface area contributed by atoms with Gasteiger partial charge in [-0.2, -0.15) is 0 Å². The quantitative estimate of drug-likeness (QED) is 0.782. The number of aliphatic hydroxyl groups excluding tert-OH is 1. The Kier molecular flexibility index (Phi) is 3.95. The number of aliphatic hydroxyl groups is 1. The van der Waals surface area contributed by atoms with E-state index >= 15 is 0 Å². The molecule has 2 aliphatic carbocycles. The van der Waals surface area contributed by atoms with Gasteiger partial charge < -0.3 is 5.11 Å². The van der Waals surface area contributed by atoms with Crippen LogP contribution in [0.5, 0.6) is 0 Å². The molecule has 2 aromatic carbocycles. The molecule has 1 heteroatoms. The van der Waals surface area contributed by atoms with Crippen LogP contribution in [0.2, 0.25) is 0 Å². The normalized spacial score (nSPS) is 15.7. The zero-order valence-electron chi connectivity index (χ0n) is 14.0. The monoisotopic (exact) mass is 314 g/mol. The van der Waals surface area contributed by atoms with Crippen LogP contribution in [0.4, 0.5) is 0 Å². The molecule has 0 aliphatic heterocycles. The zero-order chi connectivity index (χ0) is 16.5. The minimum Gasteiger partial charge on any atom is -0.396 e. The number of fused-ring (bicyclic) bond motifs is 2. The Bertz CT molecular complexity index is 1070. The Morgan fingerprint density at radius 3 is 2.75 bits per heavy atom. The molecule has 1 nitrogen and oxygen atoms in total. The molecule has 1 N–H and O–H groups in total. The van der Waals surface area contributed by atoms with Gasteiger partial charge in [0.1, 0.15) is 0 Å². The number of rotatable bonds is 4. The maximum atomic E-state index is 9.06. The third kappa shape index (κ3) is 2.46. The second kappa shape index (κ2) is 6.26. The Morgan fingerprint density at radius 1 is 1.04 bits per heavy atom. The van der Waals surface area contributed by atoms with Crippen LogP contribution < -0.4 is 10.4 Å². The fraction of sp³-hybridized carbons (Fsp3) is 0.217. The van der Waals surface area contributed by atoms with Crippen LogP contribution in [0, 0.1) is 10.4 Å². The molecule has 0 heterocycles. The minimum atomic E-state index is 0.262. The third-order valence-electron chi connectivity index (χ3n) is 5.03. The van der Waals surface area contributed by atoms with Crippen LogP contribution in [0.1, 0.15) is 37.3 Å². The molecule has 0 bridgehead atoms. The topological polar surface area (TPSA) is 20.2 Å². The number of hydrogen-bond acceptors (Lipinski definition) is 1. The highest BCUT2D eigenvalue weighted by Crippen LogP contribution is 2.30. The number of benzene rings is 2. The van der Waals surface area contributed by atoms with E-state index in [0.717, 1.165) is 19.3 Å². The van der Waals surface area contributed by atoms with Gasteiger partial charge in [-0.1, -0.05) is 60.2 Å². The first-order valence-electron chi connectivity index (χ1n) is 8.73. The first kappa shape index (κ1) is 15.2. The molecule has 0 radical (unpaired) electrons. The van der Waals surface area contributed by atoms with Gasteiger partial charge in [-0.05, 0) is 69.8 Å². The van der Waals surface area contributed by atoms with Gasteiger partial charge in [0.15, 0.2) is 0 Å². The predicted molar refractivity (Wildman–Crippen MR) is 101 cm³/mol. The van der Waals surface area contributed by atoms with E-state index in [-0.39, 0.29) is 6.61 Å². The molecular weight excluding hydrogens is 292 g/mol. The summed E-state index contributed by atoms with van der Waals surface area (Å²) in [4.78, 5) is 0. The number of allylic oxidation sites excluding steroid dienone is 4. The Labute approximate surface area is 142 Å². The van der Waals surface area contributed by atoms with Gasteiger partial charge in [0.25, 0.3) is 0 Å². The first-order valence-corrected chi connectivity index (χ1v) is 8.73. The van der Waals surface area contributed by atoms with Gasteiger partial charge in [-0.15, -0.1) is 0 Å². The smallest absolute Gasteiger partial charge is 0.0434 e. The molecule has 4 rings (SSSR count). The summed E-state index contributed by atoms with van der Waals surface area (Å²) in [6, 6.07) is 13.1. The largest absolute Gasteiger partial charge is 0.396 e. The molecule has 2 aromatic rings. The fourth-order valence-corrected chi connectivity index (χ4v) is 3.86. The van der Waals surface area contributed by atoms with E-state index in [0.29, 0.717) is 0 Å². The van der Waals surface area contributed by atoms with Gasteiger partial charge in [0.2, 0.25) is 0 Å². The van der Waals surface area contributed by atoms with Gasteiger partial charge in [-0.3, -0.25) is 0 Å². The Morgan fingerprint density at radius 2 is 1.92 bits per heavy atom. The van der Waals surface area contributed by atoms with Crippen LogP contribution in [-0.2, 0) is 0 Å². The standard InChI is InChI=1S/C23H22O/c1-2-17-11-12-21-20-8-4-3-7-18(20)15-22(21)23(17)19-10-9-16(14-19)6-5-13-24/h2-4,7-9,11-12,14-15,24H,5-6,10,13H2,1H3. The van der Waals surface area contributed by atoms with Crippen molar-refractivity contribution in [2.75, 3.05) is 6.61 Å². The SMILES string of the molecule is CC=c1ccc2c(c1C1=CC(CCCO)=CC1)C=c1ccccc1=2. The average molecular weight is 314 g/mol. The predicted octanol–water partition coefficient (Wildman–Crippen LogP) is 3.40. The summed E-state index contributed by atoms with van der Waals surface area (Å²) >= 11 is 0. The van der Waals surface area contributed by atoms with E-state index in [2.05, 4.69) is 67.6 Å². The third-order valence-corrected chi connectivity index (χ3v) is 5.03. The van der Waals surface area contributed by atoms with E-state index in [1.165, 1.54) is 43.1 Å². The summed E-state index contributed by atoms with van der Waals surface area (Å²) in [7, 11) is 0. The molecule has 0 amide bonds. The van der Waals surface area contributed by atoms with Gasteiger partial charge in [0.05, 0.1) is 0 Å². The molecule has 0 spiro atoms. The Hall–Kier alpha value is -2.38. The van der Waals surface area contributed by atoms with Crippen molar-refractivity contribution >= 4 is 17.7 Å². The molecule has 0 saturated carbocycles. The average Bonchev–Trinajstić information content (AvgIpc) is 3.23. The molecule has 0 atom stereocenters. The maximum absolute atomic E-state index is 9.06. The molecule has 120 valence electrons. The van der Waals surface area contributed by atoms with Crippen molar-refractivity contribution in [1.82, 2.24) is 0 Å². The summed E-state index contributed by atoms with van der Waals surface area (Å²) < 4.78 is 0. The molecular formula is C23H22O. The van der Waals surface area contributed by atoms with Crippen molar-refractivity contribution in [3.8, 4) is 0 Å². The van der Waals surface area contributed by atoms with Gasteiger partial charge in [0, 0.05) is 6.61 Å². The van der Waals surface area contributed by atoms with Gasteiger partial charge in [-0.25, -0.2) is 0 Å². The molecule has 24 heavy (non-hydrogen) atoms. The molecule has 2 aliphatic rings. The first-order chi connectivity index (χ1) is 11.8. The fourth-order valence-electron chi connectivity index (χ4n) is 3.86. The van der Waals surface area contributed by atoms with Crippen LogP contribution >= 0.6 is 0 Å². The number of hydrogen-bond donors (Lipinski definition) is 1. The Balaban J connectivity index is 1.91. The van der Waals surface area contributed by atoms with E-state index in [4.69, 9.17) is 5.11 Å². The van der Waals surface area contributed by atoms with E-state index < -0.39 is 0 Å². The van der Waals surface area contributed by atoms with Crippen molar-refractivity contribution in [3.63, 3.8) is 0 Å². The highest BCUT2D eigenvalue weighted by atomic mass is 16.2. The molecule has 0 unspecified atom stereocenters. The van der Waals surface area contributed by atoms with Crippen LogP contribution in [0.25, 0.3) is 17.7 Å². The lowest BCUT2D eigenvalue weighted by molar-refractivity contribution is 0.289. The summed E-state index contributed by atoms with van der Waals surface area (Å²) in [5.74, 6) is 0. The van der Waals surface area contributed by atoms with Gasteiger partial charge >= 0.3 is 0 Å². The summed E-state index contributed by atoms with van der Waals surface area (Å²) in [6.07, 6.45) is 12.0. The zero-order valence-corrected chi connectivity index (χ0v) is 14.0. The minimum absolute atomic E-state index is 0.262. The molecule has 0 aromatic heterocycles. The molecule has 0 fully saturated rings. The highest BCUT2D eigenvalue weighted by molar-refractivity contribution is 5.80. The van der Waals surface area contributed by atoms with Crippen molar-refractivity contribution in [3.05, 3.63) is 86.1 Å². The second-order valence-corrected chi connectivity index (χ2v) is 6.49. The van der Waals surface area contributed by atoms with E-state index in [9.17, 15) is 0 Å². The highest BCUT2D eigenvalue weighted by Gasteiger charge is 2.15. The summed E-state index contributed by atoms with van der Waals surface area (Å²) in [5.41, 5.74) is 5.49. The lowest BCUT2D eigenvalue weighted by Crippen LogP contribution is -2.10.